The average Bonchev–Trinajstić information content (AvgIpc) is 2.44. The third-order valence-electron chi connectivity index (χ3n) is 3.59. The van der Waals surface area contributed by atoms with Gasteiger partial charge in [-0.2, -0.15) is 0 Å². The van der Waals surface area contributed by atoms with Gasteiger partial charge in [-0.05, 0) is 19.4 Å². The summed E-state index contributed by atoms with van der Waals surface area (Å²) in [7, 11) is 1.72. The molecule has 2 atom stereocenters. The number of amides is 1. The summed E-state index contributed by atoms with van der Waals surface area (Å²) in [5.74, 6) is -1.18. The summed E-state index contributed by atoms with van der Waals surface area (Å²) in [5, 5.41) is 8.95. The lowest BCUT2D eigenvalue weighted by molar-refractivity contribution is -0.141. The summed E-state index contributed by atoms with van der Waals surface area (Å²) in [6.07, 6.45) is 3.05. The van der Waals surface area contributed by atoms with Crippen molar-refractivity contribution in [3.8, 4) is 0 Å². The monoisotopic (exact) mass is 284 g/mol. The first-order chi connectivity index (χ1) is 9.45. The van der Waals surface area contributed by atoms with Crippen molar-refractivity contribution in [3.63, 3.8) is 0 Å². The Labute approximate surface area is 120 Å². The molecule has 1 aliphatic heterocycles. The summed E-state index contributed by atoms with van der Waals surface area (Å²) in [6.45, 7) is 7.50. The number of likely N-dealkylation sites (N-methyl/N-ethyl adjacent to an activating group) is 1. The van der Waals surface area contributed by atoms with Crippen LogP contribution in [0, 0.1) is 5.92 Å². The van der Waals surface area contributed by atoms with Gasteiger partial charge in [0.05, 0.1) is 5.92 Å². The molecule has 0 aromatic heterocycles. The lowest BCUT2D eigenvalue weighted by atomic mass is 10.0. The molecule has 1 fully saturated rings. The Balaban J connectivity index is 2.49. The van der Waals surface area contributed by atoms with E-state index in [0.717, 1.165) is 19.4 Å². The Kier molecular flexibility index (Phi) is 6.51. The van der Waals surface area contributed by atoms with Crippen molar-refractivity contribution < 1.29 is 19.4 Å². The zero-order valence-corrected chi connectivity index (χ0v) is 12.2. The number of piperidine rings is 1. The number of likely N-dealkylation sites (tertiary alicyclic amines) is 1. The van der Waals surface area contributed by atoms with E-state index in [1.807, 2.05) is 0 Å². The number of carbonyl (C=O) groups is 2. The van der Waals surface area contributed by atoms with Crippen LogP contribution < -0.4 is 0 Å². The fourth-order valence-corrected chi connectivity index (χ4v) is 2.36. The van der Waals surface area contributed by atoms with Crippen LogP contribution in [0.2, 0.25) is 0 Å². The molecule has 1 N–H and O–H groups in total. The normalized spacial score (nSPS) is 21.0. The number of carbonyl (C=O) groups excluding carboxylic acids is 1. The van der Waals surface area contributed by atoms with Crippen LogP contribution in [-0.2, 0) is 9.53 Å². The van der Waals surface area contributed by atoms with Crippen LogP contribution in [0.4, 0.5) is 4.79 Å². The standard InChI is InChI=1S/C14H24N2O4/c1-4-8-20-14(19)15(3)12-6-5-7-16(10-12)9-11(2)13(17)18/h4,11-12H,1,5-10H2,2-3H3,(H,17,18). The van der Waals surface area contributed by atoms with Gasteiger partial charge in [0.2, 0.25) is 0 Å². The number of hydrogen-bond acceptors (Lipinski definition) is 4. The number of carboxylic acids is 1. The van der Waals surface area contributed by atoms with Gasteiger partial charge in [0.15, 0.2) is 0 Å². The zero-order valence-electron chi connectivity index (χ0n) is 12.2. The van der Waals surface area contributed by atoms with Gasteiger partial charge >= 0.3 is 12.1 Å². The molecule has 0 aromatic rings. The molecule has 6 nitrogen and oxygen atoms in total. The highest BCUT2D eigenvalue weighted by atomic mass is 16.6. The maximum atomic E-state index is 11.8. The highest BCUT2D eigenvalue weighted by molar-refractivity contribution is 5.69. The van der Waals surface area contributed by atoms with E-state index in [-0.39, 0.29) is 18.7 Å². The van der Waals surface area contributed by atoms with Crippen LogP contribution in [0.25, 0.3) is 0 Å². The first-order valence-electron chi connectivity index (χ1n) is 6.91. The highest BCUT2D eigenvalue weighted by Gasteiger charge is 2.28. The van der Waals surface area contributed by atoms with Gasteiger partial charge in [-0.3, -0.25) is 4.79 Å². The summed E-state index contributed by atoms with van der Waals surface area (Å²) >= 11 is 0. The van der Waals surface area contributed by atoms with Gasteiger partial charge in [-0.15, -0.1) is 0 Å². The molecular formula is C14H24N2O4. The molecule has 0 radical (unpaired) electrons. The van der Waals surface area contributed by atoms with E-state index in [2.05, 4.69) is 11.5 Å². The van der Waals surface area contributed by atoms with E-state index in [0.29, 0.717) is 13.1 Å². The summed E-state index contributed by atoms with van der Waals surface area (Å²) in [6, 6.07) is 0.0714. The van der Waals surface area contributed by atoms with Crippen LogP contribution >= 0.6 is 0 Å². The number of rotatable bonds is 6. The van der Waals surface area contributed by atoms with Crippen LogP contribution in [0.5, 0.6) is 0 Å². The van der Waals surface area contributed by atoms with E-state index in [1.54, 1.807) is 18.9 Å². The highest BCUT2D eigenvalue weighted by Crippen LogP contribution is 2.17. The van der Waals surface area contributed by atoms with E-state index < -0.39 is 11.9 Å². The van der Waals surface area contributed by atoms with Crippen LogP contribution in [0.1, 0.15) is 19.8 Å². The number of hydrogen-bond donors (Lipinski definition) is 1. The molecule has 20 heavy (non-hydrogen) atoms. The Hall–Kier alpha value is -1.56. The molecule has 0 spiro atoms. The van der Waals surface area contributed by atoms with Crippen molar-refractivity contribution in [3.05, 3.63) is 12.7 Å². The molecule has 2 unspecified atom stereocenters. The van der Waals surface area contributed by atoms with Gasteiger partial charge in [-0.25, -0.2) is 4.79 Å². The van der Waals surface area contributed by atoms with E-state index in [4.69, 9.17) is 9.84 Å². The molecule has 0 bridgehead atoms. The lowest BCUT2D eigenvalue weighted by Crippen LogP contribution is -2.50. The van der Waals surface area contributed by atoms with Gasteiger partial charge in [-0.1, -0.05) is 19.6 Å². The molecule has 6 heteroatoms. The fourth-order valence-electron chi connectivity index (χ4n) is 2.36. The molecular weight excluding hydrogens is 260 g/mol. The predicted molar refractivity (Wildman–Crippen MR) is 75.6 cm³/mol. The van der Waals surface area contributed by atoms with Crippen molar-refractivity contribution in [2.24, 2.45) is 5.92 Å². The number of carboxylic acid groups (broad SMARTS) is 1. The number of aliphatic carboxylic acids is 1. The lowest BCUT2D eigenvalue weighted by Gasteiger charge is -2.37. The van der Waals surface area contributed by atoms with Crippen LogP contribution in [0.3, 0.4) is 0 Å². The first kappa shape index (κ1) is 16.5. The summed E-state index contributed by atoms with van der Waals surface area (Å²) in [4.78, 5) is 26.4. The van der Waals surface area contributed by atoms with Crippen molar-refractivity contribution in [2.75, 3.05) is 33.3 Å². The molecule has 114 valence electrons. The minimum absolute atomic E-state index is 0.0714. The van der Waals surface area contributed by atoms with Crippen molar-refractivity contribution in [1.29, 1.82) is 0 Å². The van der Waals surface area contributed by atoms with Gasteiger partial charge in [0.1, 0.15) is 6.61 Å². The maximum Gasteiger partial charge on any atom is 0.410 e. The van der Waals surface area contributed by atoms with Gasteiger partial charge in [0, 0.05) is 26.2 Å². The van der Waals surface area contributed by atoms with Gasteiger partial charge < -0.3 is 19.6 Å². The molecule has 0 saturated carbocycles. The summed E-state index contributed by atoms with van der Waals surface area (Å²) in [5.41, 5.74) is 0. The minimum Gasteiger partial charge on any atom is -0.481 e. The molecule has 0 aliphatic carbocycles. The average molecular weight is 284 g/mol. The molecule has 1 amide bonds. The van der Waals surface area contributed by atoms with Crippen LogP contribution in [0.15, 0.2) is 12.7 Å². The third-order valence-corrected chi connectivity index (χ3v) is 3.59. The Morgan fingerprint density at radius 3 is 2.90 bits per heavy atom. The molecule has 1 rings (SSSR count). The second kappa shape index (κ2) is 7.89. The first-order valence-corrected chi connectivity index (χ1v) is 6.91. The Bertz CT molecular complexity index is 359. The third kappa shape index (κ3) is 4.85. The molecule has 1 aliphatic rings. The van der Waals surface area contributed by atoms with Crippen molar-refractivity contribution in [1.82, 2.24) is 9.80 Å². The molecule has 1 heterocycles. The minimum atomic E-state index is -0.786. The number of nitrogens with zero attached hydrogens (tertiary/aromatic N) is 2. The molecule has 0 aromatic carbocycles. The van der Waals surface area contributed by atoms with E-state index in [9.17, 15) is 9.59 Å². The van der Waals surface area contributed by atoms with E-state index >= 15 is 0 Å². The van der Waals surface area contributed by atoms with Crippen molar-refractivity contribution in [2.45, 2.75) is 25.8 Å². The second-order valence-corrected chi connectivity index (χ2v) is 5.27. The maximum absolute atomic E-state index is 11.8. The van der Waals surface area contributed by atoms with Crippen molar-refractivity contribution >= 4 is 12.1 Å². The Morgan fingerprint density at radius 1 is 1.60 bits per heavy atom. The quantitative estimate of drug-likeness (QED) is 0.747. The van der Waals surface area contributed by atoms with Gasteiger partial charge in [0.25, 0.3) is 0 Å². The van der Waals surface area contributed by atoms with Crippen LogP contribution in [-0.4, -0.2) is 66.3 Å². The largest absolute Gasteiger partial charge is 0.481 e. The topological polar surface area (TPSA) is 70.1 Å². The predicted octanol–water partition coefficient (Wildman–Crippen LogP) is 1.43. The zero-order chi connectivity index (χ0) is 15.1. The smallest absolute Gasteiger partial charge is 0.410 e. The van der Waals surface area contributed by atoms with E-state index in [1.165, 1.54) is 6.08 Å². The fraction of sp³-hybridized carbons (Fsp3) is 0.714. The number of ether oxygens (including phenoxy) is 1. The Morgan fingerprint density at radius 2 is 2.30 bits per heavy atom. The second-order valence-electron chi connectivity index (χ2n) is 5.27. The SMILES string of the molecule is C=CCOC(=O)N(C)C1CCCN(CC(C)C(=O)O)C1. The molecule has 1 saturated heterocycles. The summed E-state index contributed by atoms with van der Waals surface area (Å²) < 4.78 is 5.02.